The molecule has 1 aliphatic heterocycles. The predicted octanol–water partition coefficient (Wildman–Crippen LogP) is 2.68. The minimum Gasteiger partial charge on any atom is -0.491 e. The van der Waals surface area contributed by atoms with Crippen molar-refractivity contribution in [1.29, 1.82) is 0 Å². The van der Waals surface area contributed by atoms with Crippen LogP contribution in [0.25, 0.3) is 0 Å². The first-order valence-electron chi connectivity index (χ1n) is 10.1. The lowest BCUT2D eigenvalue weighted by Crippen LogP contribution is -2.39. The van der Waals surface area contributed by atoms with Crippen LogP contribution in [0.4, 0.5) is 0 Å². The SMILES string of the molecule is CCNC(=NCCCOCC1CCOC1)NCCOc1c(C)cccc1C. The molecule has 0 aromatic heterocycles. The number of rotatable bonds is 11. The Hall–Kier alpha value is -1.79. The molecule has 1 atom stereocenters. The molecule has 1 aliphatic rings. The van der Waals surface area contributed by atoms with Gasteiger partial charge in [-0.15, -0.1) is 0 Å². The number of hydrogen-bond acceptors (Lipinski definition) is 4. The monoisotopic (exact) mass is 377 g/mol. The molecule has 2 rings (SSSR count). The third-order valence-corrected chi connectivity index (χ3v) is 4.49. The van der Waals surface area contributed by atoms with Crippen LogP contribution in [-0.4, -0.2) is 58.6 Å². The molecule has 0 spiro atoms. The Morgan fingerprint density at radius 1 is 1.22 bits per heavy atom. The van der Waals surface area contributed by atoms with Gasteiger partial charge in [-0.2, -0.15) is 0 Å². The summed E-state index contributed by atoms with van der Waals surface area (Å²) in [6.45, 7) is 12.4. The zero-order valence-corrected chi connectivity index (χ0v) is 17.1. The molecule has 0 radical (unpaired) electrons. The summed E-state index contributed by atoms with van der Waals surface area (Å²) in [5.41, 5.74) is 2.33. The standard InChI is InChI=1S/C21H35N3O3/c1-4-22-21(23-10-6-12-25-15-19-9-13-26-16-19)24-11-14-27-20-17(2)7-5-8-18(20)3/h5,7-8,19H,4,6,9-16H2,1-3H3,(H2,22,23,24). The van der Waals surface area contributed by atoms with Gasteiger partial charge in [-0.1, -0.05) is 18.2 Å². The lowest BCUT2D eigenvalue weighted by atomic mass is 10.1. The normalized spacial score (nSPS) is 17.1. The van der Waals surface area contributed by atoms with Crippen LogP contribution in [0, 0.1) is 19.8 Å². The molecule has 1 saturated heterocycles. The van der Waals surface area contributed by atoms with E-state index in [9.17, 15) is 0 Å². The summed E-state index contributed by atoms with van der Waals surface area (Å²) < 4.78 is 17.0. The van der Waals surface area contributed by atoms with Crippen LogP contribution in [0.2, 0.25) is 0 Å². The molecular formula is C21H35N3O3. The Morgan fingerprint density at radius 3 is 2.74 bits per heavy atom. The van der Waals surface area contributed by atoms with E-state index >= 15 is 0 Å². The van der Waals surface area contributed by atoms with Crippen LogP contribution < -0.4 is 15.4 Å². The van der Waals surface area contributed by atoms with Crippen molar-refractivity contribution in [2.24, 2.45) is 10.9 Å². The van der Waals surface area contributed by atoms with Crippen LogP contribution in [0.1, 0.15) is 30.9 Å². The van der Waals surface area contributed by atoms with Gasteiger partial charge in [0.1, 0.15) is 12.4 Å². The zero-order valence-electron chi connectivity index (χ0n) is 17.1. The predicted molar refractivity (Wildman–Crippen MR) is 110 cm³/mol. The zero-order chi connectivity index (χ0) is 19.3. The van der Waals surface area contributed by atoms with Crippen molar-refractivity contribution in [1.82, 2.24) is 10.6 Å². The second-order valence-corrected chi connectivity index (χ2v) is 6.91. The molecule has 6 heteroatoms. The Morgan fingerprint density at radius 2 is 2.04 bits per heavy atom. The van der Waals surface area contributed by atoms with E-state index < -0.39 is 0 Å². The van der Waals surface area contributed by atoms with Crippen LogP contribution >= 0.6 is 0 Å². The molecule has 0 bridgehead atoms. The summed E-state index contributed by atoms with van der Waals surface area (Å²) in [7, 11) is 0. The van der Waals surface area contributed by atoms with Crippen molar-refractivity contribution < 1.29 is 14.2 Å². The van der Waals surface area contributed by atoms with Crippen LogP contribution in [0.15, 0.2) is 23.2 Å². The molecule has 1 unspecified atom stereocenters. The number of para-hydroxylation sites is 1. The first-order valence-corrected chi connectivity index (χ1v) is 10.1. The molecule has 27 heavy (non-hydrogen) atoms. The molecule has 0 amide bonds. The number of ether oxygens (including phenoxy) is 3. The fraction of sp³-hybridized carbons (Fsp3) is 0.667. The highest BCUT2D eigenvalue weighted by atomic mass is 16.5. The van der Waals surface area contributed by atoms with E-state index in [0.717, 1.165) is 64.1 Å². The number of nitrogens with zero attached hydrogens (tertiary/aromatic N) is 1. The Labute approximate surface area is 163 Å². The van der Waals surface area contributed by atoms with Gasteiger partial charge in [0, 0.05) is 32.2 Å². The van der Waals surface area contributed by atoms with E-state index in [1.165, 1.54) is 11.1 Å². The van der Waals surface area contributed by atoms with Crippen molar-refractivity contribution in [3.8, 4) is 5.75 Å². The van der Waals surface area contributed by atoms with Gasteiger partial charge in [0.15, 0.2) is 5.96 Å². The molecule has 2 N–H and O–H groups in total. The summed E-state index contributed by atoms with van der Waals surface area (Å²) >= 11 is 0. The number of aliphatic imine (C=N–C) groups is 1. The third kappa shape index (κ3) is 8.18. The van der Waals surface area contributed by atoms with Crippen molar-refractivity contribution in [3.63, 3.8) is 0 Å². The number of aryl methyl sites for hydroxylation is 2. The molecule has 1 fully saturated rings. The largest absolute Gasteiger partial charge is 0.491 e. The highest BCUT2D eigenvalue weighted by Gasteiger charge is 2.15. The quantitative estimate of drug-likeness (QED) is 0.353. The van der Waals surface area contributed by atoms with Crippen molar-refractivity contribution in [3.05, 3.63) is 29.3 Å². The summed E-state index contributed by atoms with van der Waals surface area (Å²) in [6, 6.07) is 6.20. The van der Waals surface area contributed by atoms with Gasteiger partial charge < -0.3 is 24.8 Å². The minimum absolute atomic E-state index is 0.573. The minimum atomic E-state index is 0.573. The van der Waals surface area contributed by atoms with Gasteiger partial charge in [0.2, 0.25) is 0 Å². The third-order valence-electron chi connectivity index (χ3n) is 4.49. The number of hydrogen-bond donors (Lipinski definition) is 2. The average molecular weight is 378 g/mol. The fourth-order valence-corrected chi connectivity index (χ4v) is 3.01. The van der Waals surface area contributed by atoms with Crippen LogP contribution in [-0.2, 0) is 9.47 Å². The second-order valence-electron chi connectivity index (χ2n) is 6.91. The number of guanidine groups is 1. The van der Waals surface area contributed by atoms with Gasteiger partial charge in [-0.25, -0.2) is 0 Å². The Bertz CT molecular complexity index is 552. The topological polar surface area (TPSA) is 64.1 Å². The first-order chi connectivity index (χ1) is 13.2. The van der Waals surface area contributed by atoms with Crippen LogP contribution in [0.5, 0.6) is 5.75 Å². The van der Waals surface area contributed by atoms with Gasteiger partial charge >= 0.3 is 0 Å². The molecule has 1 heterocycles. The van der Waals surface area contributed by atoms with Crippen molar-refractivity contribution in [2.75, 3.05) is 52.7 Å². The molecule has 0 saturated carbocycles. The molecule has 1 aromatic rings. The van der Waals surface area contributed by atoms with E-state index in [1.807, 2.05) is 0 Å². The molecule has 152 valence electrons. The van der Waals surface area contributed by atoms with E-state index in [0.29, 0.717) is 19.1 Å². The molecule has 1 aromatic carbocycles. The maximum absolute atomic E-state index is 5.93. The Kier molecular flexibility index (Phi) is 10.0. The highest BCUT2D eigenvalue weighted by molar-refractivity contribution is 5.79. The van der Waals surface area contributed by atoms with Gasteiger partial charge in [0.25, 0.3) is 0 Å². The number of nitrogens with one attached hydrogen (secondary N) is 2. The average Bonchev–Trinajstić information content (AvgIpc) is 3.16. The fourth-order valence-electron chi connectivity index (χ4n) is 3.01. The van der Waals surface area contributed by atoms with Gasteiger partial charge in [0.05, 0.1) is 19.8 Å². The molecular weight excluding hydrogens is 342 g/mol. The molecule has 6 nitrogen and oxygen atoms in total. The van der Waals surface area contributed by atoms with E-state index in [1.54, 1.807) is 0 Å². The smallest absolute Gasteiger partial charge is 0.191 e. The van der Waals surface area contributed by atoms with Gasteiger partial charge in [-0.3, -0.25) is 4.99 Å². The second kappa shape index (κ2) is 12.6. The van der Waals surface area contributed by atoms with Crippen molar-refractivity contribution in [2.45, 2.75) is 33.6 Å². The van der Waals surface area contributed by atoms with Crippen LogP contribution in [0.3, 0.4) is 0 Å². The highest BCUT2D eigenvalue weighted by Crippen LogP contribution is 2.21. The lowest BCUT2D eigenvalue weighted by Gasteiger charge is -2.14. The Balaban J connectivity index is 1.61. The lowest BCUT2D eigenvalue weighted by molar-refractivity contribution is 0.0893. The van der Waals surface area contributed by atoms with Gasteiger partial charge in [-0.05, 0) is 44.7 Å². The number of benzene rings is 1. The van der Waals surface area contributed by atoms with E-state index in [-0.39, 0.29) is 0 Å². The summed E-state index contributed by atoms with van der Waals surface area (Å²) in [5, 5.41) is 6.59. The summed E-state index contributed by atoms with van der Waals surface area (Å²) in [5.74, 6) is 2.38. The maximum atomic E-state index is 5.93. The molecule has 0 aliphatic carbocycles. The maximum Gasteiger partial charge on any atom is 0.191 e. The van der Waals surface area contributed by atoms with E-state index in [4.69, 9.17) is 14.2 Å². The van der Waals surface area contributed by atoms with E-state index in [2.05, 4.69) is 54.6 Å². The van der Waals surface area contributed by atoms with Crippen molar-refractivity contribution >= 4 is 5.96 Å². The summed E-state index contributed by atoms with van der Waals surface area (Å²) in [4.78, 5) is 4.60. The summed E-state index contributed by atoms with van der Waals surface area (Å²) in [6.07, 6.45) is 2.04. The first kappa shape index (κ1) is 21.5.